The normalized spacial score (nSPS) is 12.2. The summed E-state index contributed by atoms with van der Waals surface area (Å²) in [6.45, 7) is 0.587. The molecule has 0 saturated carbocycles. The van der Waals surface area contributed by atoms with Gasteiger partial charge in [0.05, 0.1) is 13.7 Å². The lowest BCUT2D eigenvalue weighted by molar-refractivity contribution is -0.142. The Kier molecular flexibility index (Phi) is 4.95. The lowest BCUT2D eigenvalue weighted by atomic mass is 10.1. The highest BCUT2D eigenvalue weighted by atomic mass is 16.5. The van der Waals surface area contributed by atoms with Crippen molar-refractivity contribution in [2.75, 3.05) is 14.2 Å². The first kappa shape index (κ1) is 12.7. The summed E-state index contributed by atoms with van der Waals surface area (Å²) in [5, 5.41) is 0. The van der Waals surface area contributed by atoms with Crippen molar-refractivity contribution in [2.24, 2.45) is 5.73 Å². The molecule has 0 radical (unpaired) electrons. The number of rotatable bonds is 5. The number of esters is 1. The molecule has 0 bridgehead atoms. The third-order valence-corrected chi connectivity index (χ3v) is 2.29. The number of carbonyl (C=O) groups is 1. The van der Waals surface area contributed by atoms with Crippen molar-refractivity contribution in [2.45, 2.75) is 19.1 Å². The Morgan fingerprint density at radius 1 is 1.25 bits per heavy atom. The fraction of sp³-hybridized carbons (Fsp3) is 0.417. The van der Waals surface area contributed by atoms with Gasteiger partial charge in [0.2, 0.25) is 0 Å². The number of nitrogens with two attached hydrogens (primary N) is 1. The Hall–Kier alpha value is -1.39. The van der Waals surface area contributed by atoms with Crippen molar-refractivity contribution < 1.29 is 14.3 Å². The number of methoxy groups -OCH3 is 2. The molecule has 0 unspecified atom stereocenters. The maximum absolute atomic E-state index is 11.1. The largest absolute Gasteiger partial charge is 0.468 e. The monoisotopic (exact) mass is 223 g/mol. The van der Waals surface area contributed by atoms with Crippen LogP contribution in [0.15, 0.2) is 24.3 Å². The Morgan fingerprint density at radius 3 is 2.31 bits per heavy atom. The average Bonchev–Trinajstić information content (AvgIpc) is 2.31. The van der Waals surface area contributed by atoms with Crippen molar-refractivity contribution in [1.82, 2.24) is 0 Å². The molecule has 4 nitrogen and oxygen atoms in total. The number of ether oxygens (including phenoxy) is 2. The van der Waals surface area contributed by atoms with Crippen LogP contribution in [0.2, 0.25) is 0 Å². The van der Waals surface area contributed by atoms with Crippen LogP contribution in [-0.4, -0.2) is 26.2 Å². The Morgan fingerprint density at radius 2 is 1.81 bits per heavy atom. The number of carbonyl (C=O) groups excluding carboxylic acids is 1. The first-order valence-corrected chi connectivity index (χ1v) is 5.07. The molecule has 1 aromatic rings. The zero-order chi connectivity index (χ0) is 12.0. The van der Waals surface area contributed by atoms with E-state index in [1.807, 2.05) is 24.3 Å². The zero-order valence-electron chi connectivity index (χ0n) is 9.60. The molecule has 2 N–H and O–H groups in total. The van der Waals surface area contributed by atoms with Crippen molar-refractivity contribution in [1.29, 1.82) is 0 Å². The van der Waals surface area contributed by atoms with Gasteiger partial charge in [0, 0.05) is 7.11 Å². The van der Waals surface area contributed by atoms with Crippen molar-refractivity contribution in [3.8, 4) is 0 Å². The van der Waals surface area contributed by atoms with Crippen LogP contribution in [0, 0.1) is 0 Å². The van der Waals surface area contributed by atoms with E-state index >= 15 is 0 Å². The fourth-order valence-electron chi connectivity index (χ4n) is 1.43. The van der Waals surface area contributed by atoms with Gasteiger partial charge in [-0.25, -0.2) is 0 Å². The minimum absolute atomic E-state index is 0.388. The van der Waals surface area contributed by atoms with Crippen LogP contribution in [-0.2, 0) is 27.3 Å². The summed E-state index contributed by atoms with van der Waals surface area (Å²) in [4.78, 5) is 11.1. The lowest BCUT2D eigenvalue weighted by Gasteiger charge is -2.09. The molecule has 0 aliphatic heterocycles. The van der Waals surface area contributed by atoms with E-state index in [0.29, 0.717) is 13.0 Å². The molecule has 0 fully saturated rings. The molecule has 0 heterocycles. The van der Waals surface area contributed by atoms with Crippen molar-refractivity contribution >= 4 is 5.97 Å². The van der Waals surface area contributed by atoms with Gasteiger partial charge in [-0.15, -0.1) is 0 Å². The van der Waals surface area contributed by atoms with E-state index in [4.69, 9.17) is 10.5 Å². The molecule has 0 spiro atoms. The molecule has 1 rings (SSSR count). The molecular formula is C12H17NO3. The van der Waals surface area contributed by atoms with E-state index in [1.165, 1.54) is 7.11 Å². The smallest absolute Gasteiger partial charge is 0.322 e. The zero-order valence-corrected chi connectivity index (χ0v) is 9.60. The van der Waals surface area contributed by atoms with E-state index in [-0.39, 0.29) is 5.97 Å². The minimum atomic E-state index is -0.599. The van der Waals surface area contributed by atoms with Gasteiger partial charge in [-0.2, -0.15) is 0 Å². The van der Waals surface area contributed by atoms with E-state index in [9.17, 15) is 4.79 Å². The highest BCUT2D eigenvalue weighted by Crippen LogP contribution is 2.07. The average molecular weight is 223 g/mol. The molecular weight excluding hydrogens is 206 g/mol. The van der Waals surface area contributed by atoms with Gasteiger partial charge in [-0.1, -0.05) is 24.3 Å². The molecule has 0 aromatic heterocycles. The molecule has 1 atom stereocenters. The summed E-state index contributed by atoms with van der Waals surface area (Å²) in [7, 11) is 2.99. The summed E-state index contributed by atoms with van der Waals surface area (Å²) in [5.41, 5.74) is 7.76. The lowest BCUT2D eigenvalue weighted by Crippen LogP contribution is -2.33. The molecule has 88 valence electrons. The number of hydrogen-bond donors (Lipinski definition) is 1. The van der Waals surface area contributed by atoms with Crippen LogP contribution in [0.4, 0.5) is 0 Å². The van der Waals surface area contributed by atoms with E-state index in [1.54, 1.807) is 7.11 Å². The summed E-state index contributed by atoms with van der Waals surface area (Å²) in [6.07, 6.45) is 0.486. The van der Waals surface area contributed by atoms with Gasteiger partial charge in [0.15, 0.2) is 0 Å². The third-order valence-electron chi connectivity index (χ3n) is 2.29. The Labute approximate surface area is 95.3 Å². The molecule has 4 heteroatoms. The Balaban J connectivity index is 2.58. The second kappa shape index (κ2) is 6.25. The first-order valence-electron chi connectivity index (χ1n) is 5.07. The highest BCUT2D eigenvalue weighted by molar-refractivity contribution is 5.75. The van der Waals surface area contributed by atoms with Gasteiger partial charge >= 0.3 is 5.97 Å². The van der Waals surface area contributed by atoms with Crippen LogP contribution in [0.25, 0.3) is 0 Å². The summed E-state index contributed by atoms with van der Waals surface area (Å²) < 4.78 is 9.57. The number of hydrogen-bond acceptors (Lipinski definition) is 4. The first-order chi connectivity index (χ1) is 7.67. The van der Waals surface area contributed by atoms with Crippen LogP contribution >= 0.6 is 0 Å². The molecule has 1 aromatic carbocycles. The second-order valence-electron chi connectivity index (χ2n) is 3.58. The number of benzene rings is 1. The van der Waals surface area contributed by atoms with E-state index < -0.39 is 6.04 Å². The van der Waals surface area contributed by atoms with Crippen LogP contribution in [0.1, 0.15) is 11.1 Å². The topological polar surface area (TPSA) is 61.5 Å². The molecule has 0 aliphatic carbocycles. The minimum Gasteiger partial charge on any atom is -0.468 e. The van der Waals surface area contributed by atoms with Gasteiger partial charge < -0.3 is 15.2 Å². The molecule has 16 heavy (non-hydrogen) atoms. The van der Waals surface area contributed by atoms with Crippen LogP contribution in [0.3, 0.4) is 0 Å². The second-order valence-corrected chi connectivity index (χ2v) is 3.58. The predicted octanol–water partition coefficient (Wildman–Crippen LogP) is 0.876. The Bertz CT molecular complexity index is 335. The summed E-state index contributed by atoms with van der Waals surface area (Å²) in [5.74, 6) is -0.388. The van der Waals surface area contributed by atoms with Gasteiger partial charge in [-0.3, -0.25) is 4.79 Å². The predicted molar refractivity (Wildman–Crippen MR) is 60.9 cm³/mol. The third kappa shape index (κ3) is 3.64. The van der Waals surface area contributed by atoms with Gasteiger partial charge in [-0.05, 0) is 17.5 Å². The van der Waals surface area contributed by atoms with Gasteiger partial charge in [0.1, 0.15) is 6.04 Å². The van der Waals surface area contributed by atoms with Gasteiger partial charge in [0.25, 0.3) is 0 Å². The quantitative estimate of drug-likeness (QED) is 0.753. The van der Waals surface area contributed by atoms with Crippen molar-refractivity contribution in [3.05, 3.63) is 35.4 Å². The SMILES string of the molecule is COCc1ccc(C[C@H](N)C(=O)OC)cc1. The van der Waals surface area contributed by atoms with Crippen LogP contribution in [0.5, 0.6) is 0 Å². The molecule has 0 saturated heterocycles. The van der Waals surface area contributed by atoms with E-state index in [2.05, 4.69) is 4.74 Å². The fourth-order valence-corrected chi connectivity index (χ4v) is 1.43. The maximum Gasteiger partial charge on any atom is 0.322 e. The standard InChI is InChI=1S/C12H17NO3/c1-15-8-10-5-3-9(4-6-10)7-11(13)12(14)16-2/h3-6,11H,7-8,13H2,1-2H3/t11-/m0/s1. The van der Waals surface area contributed by atoms with Crippen molar-refractivity contribution in [3.63, 3.8) is 0 Å². The molecule has 0 aliphatic rings. The van der Waals surface area contributed by atoms with E-state index in [0.717, 1.165) is 11.1 Å². The van der Waals surface area contributed by atoms with Crippen LogP contribution < -0.4 is 5.73 Å². The highest BCUT2D eigenvalue weighted by Gasteiger charge is 2.13. The molecule has 0 amide bonds. The summed E-state index contributed by atoms with van der Waals surface area (Å²) in [6, 6.07) is 7.21. The maximum atomic E-state index is 11.1. The summed E-state index contributed by atoms with van der Waals surface area (Å²) >= 11 is 0.